The molecule has 0 bridgehead atoms. The monoisotopic (exact) mass is 368 g/mol. The van der Waals surface area contributed by atoms with Crippen molar-refractivity contribution in [1.29, 1.82) is 5.26 Å². The van der Waals surface area contributed by atoms with Crippen molar-refractivity contribution in [3.63, 3.8) is 0 Å². The molecule has 0 saturated carbocycles. The molecule has 26 heavy (non-hydrogen) atoms. The van der Waals surface area contributed by atoms with Gasteiger partial charge in [-0.25, -0.2) is 0 Å². The summed E-state index contributed by atoms with van der Waals surface area (Å²) >= 11 is 0. The average Bonchev–Trinajstić information content (AvgIpc) is 2.64. The fraction of sp³-hybridized carbons (Fsp3) is 0.909. The van der Waals surface area contributed by atoms with Gasteiger partial charge in [-0.15, -0.1) is 0 Å². The minimum Gasteiger partial charge on any atom is -0.469 e. The van der Waals surface area contributed by atoms with Crippen LogP contribution in [0.15, 0.2) is 0 Å². The normalized spacial score (nSPS) is 9.88. The van der Waals surface area contributed by atoms with Crippen molar-refractivity contribution in [2.24, 2.45) is 5.73 Å². The first-order chi connectivity index (χ1) is 12.7. The topological polar surface area (TPSA) is 76.1 Å². The highest BCUT2D eigenvalue weighted by molar-refractivity contribution is 5.68. The Morgan fingerprint density at radius 1 is 0.731 bits per heavy atom. The second-order valence-corrected chi connectivity index (χ2v) is 7.11. The number of ether oxygens (including phenoxy) is 1. The zero-order valence-electron chi connectivity index (χ0n) is 17.6. The van der Waals surface area contributed by atoms with Gasteiger partial charge in [0.1, 0.15) is 0 Å². The lowest BCUT2D eigenvalue weighted by Gasteiger charge is -2.03. The van der Waals surface area contributed by atoms with Crippen molar-refractivity contribution in [2.75, 3.05) is 7.11 Å². The summed E-state index contributed by atoms with van der Waals surface area (Å²) in [5.41, 5.74) is 4.15. The van der Waals surface area contributed by atoms with Crippen LogP contribution in [0.3, 0.4) is 0 Å². The molecule has 0 aromatic carbocycles. The molecule has 154 valence electrons. The maximum Gasteiger partial charge on any atom is 0.305 e. The van der Waals surface area contributed by atoms with Gasteiger partial charge in [-0.1, -0.05) is 110 Å². The Balaban J connectivity index is 0. The van der Waals surface area contributed by atoms with Gasteiger partial charge in [-0.3, -0.25) is 4.79 Å². The van der Waals surface area contributed by atoms with Crippen molar-refractivity contribution in [2.45, 2.75) is 122 Å². The third kappa shape index (κ3) is 27.6. The first kappa shape index (κ1) is 27.0. The van der Waals surface area contributed by atoms with E-state index in [1.165, 1.54) is 116 Å². The van der Waals surface area contributed by atoms with Gasteiger partial charge in [0.25, 0.3) is 0 Å². The van der Waals surface area contributed by atoms with E-state index >= 15 is 0 Å². The fourth-order valence-corrected chi connectivity index (χ4v) is 3.10. The molecule has 0 rings (SSSR count). The SMILES string of the molecule is CCCCCCCCCCCCCCCCCCCC(=O)OC.N#CN. The van der Waals surface area contributed by atoms with Crippen molar-refractivity contribution in [3.05, 3.63) is 0 Å². The first-order valence-electron chi connectivity index (χ1n) is 10.9. The standard InChI is InChI=1S/C21H42O2.CH2N2/c1-3-4-5-6-7-8-9-10-11-12-13-14-15-16-17-18-19-20-21(22)23-2;2-1-3/h3-20H2,1-2H3;2H2. The number of unbranched alkanes of at least 4 members (excludes halogenated alkanes) is 16. The number of hydrogen-bond donors (Lipinski definition) is 1. The lowest BCUT2D eigenvalue weighted by atomic mass is 10.0. The Morgan fingerprint density at radius 2 is 1.00 bits per heavy atom. The molecule has 0 saturated heterocycles. The summed E-state index contributed by atoms with van der Waals surface area (Å²) in [6.45, 7) is 2.28. The highest BCUT2D eigenvalue weighted by Crippen LogP contribution is 2.14. The summed E-state index contributed by atoms with van der Waals surface area (Å²) in [4.78, 5) is 10.9. The molecule has 4 heteroatoms. The average molecular weight is 369 g/mol. The Hall–Kier alpha value is -1.24. The third-order valence-corrected chi connectivity index (χ3v) is 4.71. The van der Waals surface area contributed by atoms with E-state index in [-0.39, 0.29) is 5.97 Å². The molecule has 0 aromatic rings. The molecule has 0 heterocycles. The van der Waals surface area contributed by atoms with Crippen molar-refractivity contribution in [1.82, 2.24) is 0 Å². The molecule has 0 spiro atoms. The first-order valence-corrected chi connectivity index (χ1v) is 10.9. The summed E-state index contributed by atoms with van der Waals surface area (Å²) in [7, 11) is 1.47. The van der Waals surface area contributed by atoms with Crippen LogP contribution in [0.25, 0.3) is 0 Å². The van der Waals surface area contributed by atoms with Gasteiger partial charge in [0.2, 0.25) is 0 Å². The molecule has 0 unspecified atom stereocenters. The summed E-state index contributed by atoms with van der Waals surface area (Å²) in [6.07, 6.45) is 25.1. The van der Waals surface area contributed by atoms with E-state index in [2.05, 4.69) is 17.4 Å². The molecule has 0 aliphatic heterocycles. The van der Waals surface area contributed by atoms with E-state index in [0.29, 0.717) is 6.42 Å². The third-order valence-electron chi connectivity index (χ3n) is 4.71. The van der Waals surface area contributed by atoms with Crippen molar-refractivity contribution < 1.29 is 9.53 Å². The van der Waals surface area contributed by atoms with Crippen LogP contribution in [0.1, 0.15) is 122 Å². The predicted octanol–water partition coefficient (Wildman–Crippen LogP) is 6.63. The van der Waals surface area contributed by atoms with Crippen LogP contribution < -0.4 is 5.73 Å². The minimum atomic E-state index is -0.0639. The molecule has 0 aromatic heterocycles. The van der Waals surface area contributed by atoms with Crippen LogP contribution in [0, 0.1) is 11.5 Å². The quantitative estimate of drug-likeness (QED) is 0.127. The molecule has 2 N–H and O–H groups in total. The van der Waals surface area contributed by atoms with Crippen LogP contribution in [0.4, 0.5) is 0 Å². The predicted molar refractivity (Wildman–Crippen MR) is 111 cm³/mol. The van der Waals surface area contributed by atoms with Crippen LogP contribution in [-0.4, -0.2) is 13.1 Å². The van der Waals surface area contributed by atoms with E-state index in [1.54, 1.807) is 0 Å². The van der Waals surface area contributed by atoms with E-state index in [9.17, 15) is 4.79 Å². The second-order valence-electron chi connectivity index (χ2n) is 7.11. The van der Waals surface area contributed by atoms with Crippen LogP contribution in [0.5, 0.6) is 0 Å². The summed E-state index contributed by atoms with van der Waals surface area (Å²) in [5.74, 6) is -0.0639. The van der Waals surface area contributed by atoms with Crippen LogP contribution in [0.2, 0.25) is 0 Å². The highest BCUT2D eigenvalue weighted by Gasteiger charge is 1.99. The minimum absolute atomic E-state index is 0.0639. The number of carbonyl (C=O) groups excluding carboxylic acids is 1. The van der Waals surface area contributed by atoms with Gasteiger partial charge >= 0.3 is 5.97 Å². The van der Waals surface area contributed by atoms with E-state index in [4.69, 9.17) is 5.26 Å². The number of hydrogen-bond acceptors (Lipinski definition) is 4. The number of methoxy groups -OCH3 is 1. The van der Waals surface area contributed by atoms with Gasteiger partial charge in [0.15, 0.2) is 6.19 Å². The summed E-state index contributed by atoms with van der Waals surface area (Å²) < 4.78 is 4.64. The molecule has 4 nitrogen and oxygen atoms in total. The van der Waals surface area contributed by atoms with E-state index < -0.39 is 0 Å². The zero-order valence-corrected chi connectivity index (χ0v) is 17.6. The van der Waals surface area contributed by atoms with Crippen molar-refractivity contribution in [3.8, 4) is 6.19 Å². The molecule has 0 radical (unpaired) electrons. The van der Waals surface area contributed by atoms with Gasteiger partial charge in [0, 0.05) is 6.42 Å². The number of nitrogens with zero attached hydrogens (tertiary/aromatic N) is 1. The molecular weight excluding hydrogens is 324 g/mol. The summed E-state index contributed by atoms with van der Waals surface area (Å²) in [6, 6.07) is 0. The molecule has 0 atom stereocenters. The molecule has 0 aliphatic carbocycles. The second kappa shape index (κ2) is 26.0. The van der Waals surface area contributed by atoms with Crippen molar-refractivity contribution >= 4 is 5.97 Å². The maximum atomic E-state index is 10.9. The van der Waals surface area contributed by atoms with Crippen LogP contribution >= 0.6 is 0 Å². The summed E-state index contributed by atoms with van der Waals surface area (Å²) in [5, 5.41) is 7.10. The Morgan fingerprint density at radius 3 is 1.27 bits per heavy atom. The fourth-order valence-electron chi connectivity index (χ4n) is 3.10. The largest absolute Gasteiger partial charge is 0.469 e. The van der Waals surface area contributed by atoms with Gasteiger partial charge in [-0.2, -0.15) is 5.26 Å². The number of carbonyl (C=O) groups is 1. The number of nitrogens with two attached hydrogens (primary N) is 1. The molecular formula is C22H44N2O2. The Bertz CT molecular complexity index is 314. The smallest absolute Gasteiger partial charge is 0.305 e. The number of nitriles is 1. The van der Waals surface area contributed by atoms with Gasteiger partial charge in [0.05, 0.1) is 7.11 Å². The number of rotatable bonds is 18. The van der Waals surface area contributed by atoms with Crippen LogP contribution in [-0.2, 0) is 9.53 Å². The maximum absolute atomic E-state index is 10.9. The van der Waals surface area contributed by atoms with E-state index in [0.717, 1.165) is 6.42 Å². The van der Waals surface area contributed by atoms with Gasteiger partial charge < -0.3 is 10.5 Å². The Kier molecular flexibility index (Phi) is 27.0. The molecule has 0 amide bonds. The lowest BCUT2D eigenvalue weighted by Crippen LogP contribution is -1.99. The molecule has 0 fully saturated rings. The Labute approximate surface area is 162 Å². The van der Waals surface area contributed by atoms with Gasteiger partial charge in [-0.05, 0) is 6.42 Å². The lowest BCUT2D eigenvalue weighted by molar-refractivity contribution is -0.140. The highest BCUT2D eigenvalue weighted by atomic mass is 16.5. The van der Waals surface area contributed by atoms with E-state index in [1.807, 2.05) is 0 Å². The zero-order chi connectivity index (χ0) is 19.7. The number of esters is 1. The molecule has 0 aliphatic rings.